The summed E-state index contributed by atoms with van der Waals surface area (Å²) >= 11 is 0. The molecule has 0 heterocycles. The number of nitriles is 2. The normalized spacial score (nSPS) is 9.85. The zero-order valence-corrected chi connectivity index (χ0v) is 12.3. The van der Waals surface area contributed by atoms with Crippen LogP contribution >= 0.6 is 0 Å². The van der Waals surface area contributed by atoms with E-state index in [2.05, 4.69) is 30.9 Å². The van der Waals surface area contributed by atoms with E-state index in [4.69, 9.17) is 10.5 Å². The molecule has 1 aromatic carbocycles. The van der Waals surface area contributed by atoms with Crippen molar-refractivity contribution in [1.29, 1.82) is 10.5 Å². The molecule has 0 aliphatic heterocycles. The van der Waals surface area contributed by atoms with Gasteiger partial charge in [0.25, 0.3) is 0 Å². The molecule has 0 aliphatic carbocycles. The molecule has 0 fully saturated rings. The van der Waals surface area contributed by atoms with Crippen LogP contribution in [0.2, 0.25) is 0 Å². The fourth-order valence-electron chi connectivity index (χ4n) is 1.96. The fourth-order valence-corrected chi connectivity index (χ4v) is 1.96. The Balaban J connectivity index is 2.69. The van der Waals surface area contributed by atoms with Crippen molar-refractivity contribution < 1.29 is 0 Å². The van der Waals surface area contributed by atoms with Crippen molar-refractivity contribution in [3.8, 4) is 12.1 Å². The Kier molecular flexibility index (Phi) is 7.11. The summed E-state index contributed by atoms with van der Waals surface area (Å²) in [6, 6.07) is 11.8. The Hall–Kier alpha value is -2.10. The molecule has 0 saturated heterocycles. The number of benzene rings is 1. The average Bonchev–Trinajstić information content (AvgIpc) is 2.50. The van der Waals surface area contributed by atoms with Gasteiger partial charge in [-0.1, -0.05) is 44.5 Å². The summed E-state index contributed by atoms with van der Waals surface area (Å²) in [4.78, 5) is 2.42. The zero-order valence-electron chi connectivity index (χ0n) is 12.3. The second kappa shape index (κ2) is 8.91. The van der Waals surface area contributed by atoms with Gasteiger partial charge in [-0.25, -0.2) is 0 Å². The van der Waals surface area contributed by atoms with Gasteiger partial charge in [0.1, 0.15) is 17.7 Å². The molecule has 1 rings (SSSR count). The van der Waals surface area contributed by atoms with Gasteiger partial charge >= 0.3 is 0 Å². The largest absolute Gasteiger partial charge is 0.299 e. The SMILES string of the molecule is CCCCN(CC)Cc1ccc(C=C(C#N)C#N)cc1. The molecular weight excluding hydrogens is 246 g/mol. The Labute approximate surface area is 121 Å². The maximum atomic E-state index is 8.73. The molecule has 3 nitrogen and oxygen atoms in total. The van der Waals surface area contributed by atoms with Crippen LogP contribution in [0.4, 0.5) is 0 Å². The maximum Gasteiger partial charge on any atom is 0.130 e. The van der Waals surface area contributed by atoms with E-state index in [0.29, 0.717) is 0 Å². The Morgan fingerprint density at radius 2 is 1.80 bits per heavy atom. The van der Waals surface area contributed by atoms with Crippen molar-refractivity contribution >= 4 is 6.08 Å². The molecule has 3 heteroatoms. The lowest BCUT2D eigenvalue weighted by Gasteiger charge is -2.20. The molecule has 0 saturated carbocycles. The Bertz CT molecular complexity index is 499. The minimum Gasteiger partial charge on any atom is -0.299 e. The Morgan fingerprint density at radius 1 is 1.15 bits per heavy atom. The number of hydrogen-bond acceptors (Lipinski definition) is 3. The number of unbranched alkanes of at least 4 members (excludes halogenated alkanes) is 1. The monoisotopic (exact) mass is 267 g/mol. The molecule has 0 amide bonds. The standard InChI is InChI=1S/C17H21N3/c1-3-5-10-20(4-2)14-16-8-6-15(7-9-16)11-17(12-18)13-19/h6-9,11H,3-5,10,14H2,1-2H3. The summed E-state index contributed by atoms with van der Waals surface area (Å²) in [7, 11) is 0. The summed E-state index contributed by atoms with van der Waals surface area (Å²) in [6.07, 6.45) is 4.05. The van der Waals surface area contributed by atoms with E-state index in [1.54, 1.807) is 6.08 Å². The fraction of sp³-hybridized carbons (Fsp3) is 0.412. The van der Waals surface area contributed by atoms with Crippen LogP contribution in [-0.2, 0) is 6.54 Å². The van der Waals surface area contributed by atoms with Gasteiger partial charge in [-0.3, -0.25) is 4.90 Å². The summed E-state index contributed by atoms with van der Waals surface area (Å²) in [5, 5.41) is 17.5. The third-order valence-corrected chi connectivity index (χ3v) is 3.21. The average molecular weight is 267 g/mol. The maximum absolute atomic E-state index is 8.73. The molecule has 0 aromatic heterocycles. The quantitative estimate of drug-likeness (QED) is 0.707. The molecular formula is C17H21N3. The Morgan fingerprint density at radius 3 is 2.30 bits per heavy atom. The second-order valence-electron chi connectivity index (χ2n) is 4.75. The van der Waals surface area contributed by atoms with Crippen LogP contribution in [0.3, 0.4) is 0 Å². The van der Waals surface area contributed by atoms with Crippen LogP contribution in [0.5, 0.6) is 0 Å². The van der Waals surface area contributed by atoms with Gasteiger partial charge in [0.05, 0.1) is 0 Å². The van der Waals surface area contributed by atoms with Crippen molar-refractivity contribution in [1.82, 2.24) is 4.90 Å². The third-order valence-electron chi connectivity index (χ3n) is 3.21. The van der Waals surface area contributed by atoms with Gasteiger partial charge < -0.3 is 0 Å². The second-order valence-corrected chi connectivity index (χ2v) is 4.75. The van der Waals surface area contributed by atoms with Gasteiger partial charge in [-0.15, -0.1) is 0 Å². The minimum absolute atomic E-state index is 0.135. The molecule has 0 bridgehead atoms. The van der Waals surface area contributed by atoms with Gasteiger partial charge in [0, 0.05) is 6.54 Å². The predicted molar refractivity (Wildman–Crippen MR) is 81.5 cm³/mol. The topological polar surface area (TPSA) is 50.8 Å². The first-order chi connectivity index (χ1) is 9.73. The highest BCUT2D eigenvalue weighted by Crippen LogP contribution is 2.11. The number of hydrogen-bond donors (Lipinski definition) is 0. The predicted octanol–water partition coefficient (Wildman–Crippen LogP) is 3.74. The zero-order chi connectivity index (χ0) is 14.8. The number of nitrogens with zero attached hydrogens (tertiary/aromatic N) is 3. The van der Waals surface area contributed by atoms with Crippen LogP contribution in [0, 0.1) is 22.7 Å². The van der Waals surface area contributed by atoms with Crippen LogP contribution in [0.25, 0.3) is 6.08 Å². The molecule has 1 aromatic rings. The minimum atomic E-state index is 0.135. The van der Waals surface area contributed by atoms with Crippen LogP contribution in [-0.4, -0.2) is 18.0 Å². The highest BCUT2D eigenvalue weighted by atomic mass is 15.1. The van der Waals surface area contributed by atoms with E-state index in [0.717, 1.165) is 25.2 Å². The number of rotatable bonds is 7. The summed E-state index contributed by atoms with van der Waals surface area (Å²) in [5.41, 5.74) is 2.29. The van der Waals surface area contributed by atoms with E-state index in [1.165, 1.54) is 18.4 Å². The first kappa shape index (κ1) is 16.0. The van der Waals surface area contributed by atoms with Gasteiger partial charge in [0.2, 0.25) is 0 Å². The molecule has 104 valence electrons. The highest BCUT2D eigenvalue weighted by Gasteiger charge is 2.03. The van der Waals surface area contributed by atoms with E-state index in [-0.39, 0.29) is 5.57 Å². The lowest BCUT2D eigenvalue weighted by molar-refractivity contribution is 0.275. The first-order valence-corrected chi connectivity index (χ1v) is 7.06. The summed E-state index contributed by atoms with van der Waals surface area (Å²) in [5.74, 6) is 0. The summed E-state index contributed by atoms with van der Waals surface area (Å²) < 4.78 is 0. The van der Waals surface area contributed by atoms with Crippen molar-refractivity contribution in [2.24, 2.45) is 0 Å². The van der Waals surface area contributed by atoms with E-state index >= 15 is 0 Å². The van der Waals surface area contributed by atoms with Crippen LogP contribution in [0.15, 0.2) is 29.8 Å². The molecule has 0 radical (unpaired) electrons. The molecule has 0 unspecified atom stereocenters. The first-order valence-electron chi connectivity index (χ1n) is 7.06. The van der Waals surface area contributed by atoms with E-state index in [9.17, 15) is 0 Å². The lowest BCUT2D eigenvalue weighted by atomic mass is 10.1. The lowest BCUT2D eigenvalue weighted by Crippen LogP contribution is -2.23. The van der Waals surface area contributed by atoms with Gasteiger partial charge in [-0.2, -0.15) is 10.5 Å². The van der Waals surface area contributed by atoms with Crippen molar-refractivity contribution in [2.75, 3.05) is 13.1 Å². The molecule has 0 atom stereocenters. The van der Waals surface area contributed by atoms with Crippen molar-refractivity contribution in [3.05, 3.63) is 41.0 Å². The van der Waals surface area contributed by atoms with E-state index in [1.807, 2.05) is 24.3 Å². The highest BCUT2D eigenvalue weighted by molar-refractivity contribution is 5.61. The third kappa shape index (κ3) is 5.26. The van der Waals surface area contributed by atoms with Gasteiger partial charge in [0.15, 0.2) is 0 Å². The van der Waals surface area contributed by atoms with Gasteiger partial charge in [-0.05, 0) is 36.7 Å². The number of allylic oxidation sites excluding steroid dienone is 1. The van der Waals surface area contributed by atoms with Crippen molar-refractivity contribution in [3.63, 3.8) is 0 Å². The molecule has 0 spiro atoms. The smallest absolute Gasteiger partial charge is 0.130 e. The van der Waals surface area contributed by atoms with Crippen molar-refractivity contribution in [2.45, 2.75) is 33.2 Å². The molecule has 20 heavy (non-hydrogen) atoms. The molecule has 0 aliphatic rings. The molecule has 0 N–H and O–H groups in total. The van der Waals surface area contributed by atoms with Crippen LogP contribution < -0.4 is 0 Å². The van der Waals surface area contributed by atoms with E-state index < -0.39 is 0 Å². The van der Waals surface area contributed by atoms with Crippen LogP contribution in [0.1, 0.15) is 37.8 Å². The summed E-state index contributed by atoms with van der Waals surface area (Å²) in [6.45, 7) is 7.51.